The van der Waals surface area contributed by atoms with E-state index in [1.54, 1.807) is 6.08 Å². The summed E-state index contributed by atoms with van der Waals surface area (Å²) in [6.45, 7) is 3.45. The molecule has 0 aliphatic rings. The lowest BCUT2D eigenvalue weighted by Crippen LogP contribution is -2.19. The zero-order valence-electron chi connectivity index (χ0n) is 5.46. The van der Waals surface area contributed by atoms with Crippen LogP contribution in [0.25, 0.3) is 0 Å². The van der Waals surface area contributed by atoms with Crippen molar-refractivity contribution in [2.45, 2.75) is 12.5 Å². The van der Waals surface area contributed by atoms with Gasteiger partial charge in [0, 0.05) is 7.11 Å². The van der Waals surface area contributed by atoms with Crippen LogP contribution in [-0.2, 0) is 9.53 Å². The minimum absolute atomic E-state index is 0.208. The maximum Gasteiger partial charge on any atom is 0.220 e. The summed E-state index contributed by atoms with van der Waals surface area (Å²) < 4.78 is 4.79. The predicted molar refractivity (Wildman–Crippen MR) is 34.8 cm³/mol. The van der Waals surface area contributed by atoms with Gasteiger partial charge in [0.2, 0.25) is 5.91 Å². The summed E-state index contributed by atoms with van der Waals surface area (Å²) in [6.07, 6.45) is 1.52. The van der Waals surface area contributed by atoms with Crippen LogP contribution in [0, 0.1) is 0 Å². The maximum atomic E-state index is 10.2. The molecule has 0 heterocycles. The molecule has 52 valence electrons. The van der Waals surface area contributed by atoms with Gasteiger partial charge in [-0.1, -0.05) is 6.08 Å². The second-order valence-corrected chi connectivity index (χ2v) is 1.68. The molecule has 0 spiro atoms. The minimum Gasteiger partial charge on any atom is -0.377 e. The van der Waals surface area contributed by atoms with Crippen LogP contribution in [0.15, 0.2) is 12.7 Å². The van der Waals surface area contributed by atoms with E-state index in [0.717, 1.165) is 0 Å². The number of hydrogen-bond donors (Lipinski definition) is 1. The van der Waals surface area contributed by atoms with Crippen LogP contribution in [0.4, 0.5) is 0 Å². The summed E-state index contributed by atoms with van der Waals surface area (Å²) in [4.78, 5) is 10.2. The molecule has 0 saturated carbocycles. The Kier molecular flexibility index (Phi) is 3.71. The number of methoxy groups -OCH3 is 1. The number of ether oxygens (including phenoxy) is 1. The first kappa shape index (κ1) is 8.17. The zero-order valence-corrected chi connectivity index (χ0v) is 5.46. The summed E-state index contributed by atoms with van der Waals surface area (Å²) in [7, 11) is 1.51. The number of hydrogen-bond acceptors (Lipinski definition) is 2. The highest BCUT2D eigenvalue weighted by Crippen LogP contribution is 1.95. The number of rotatable bonds is 4. The lowest BCUT2D eigenvalue weighted by atomic mass is 10.2. The van der Waals surface area contributed by atoms with Crippen LogP contribution >= 0.6 is 0 Å². The van der Waals surface area contributed by atoms with Gasteiger partial charge in [0.05, 0.1) is 12.5 Å². The van der Waals surface area contributed by atoms with Crippen molar-refractivity contribution in [1.29, 1.82) is 0 Å². The summed E-state index contributed by atoms with van der Waals surface area (Å²) in [5.74, 6) is -0.373. The van der Waals surface area contributed by atoms with Crippen molar-refractivity contribution < 1.29 is 9.53 Å². The summed E-state index contributed by atoms with van der Waals surface area (Å²) in [5, 5.41) is 0. The van der Waals surface area contributed by atoms with Gasteiger partial charge in [-0.2, -0.15) is 0 Å². The van der Waals surface area contributed by atoms with Crippen LogP contribution in [-0.4, -0.2) is 19.1 Å². The molecule has 0 rings (SSSR count). The lowest BCUT2D eigenvalue weighted by molar-refractivity contribution is -0.119. The Morgan fingerprint density at radius 2 is 2.56 bits per heavy atom. The van der Waals surface area contributed by atoms with Crippen molar-refractivity contribution in [3.63, 3.8) is 0 Å². The SMILES string of the molecule is C=CC(CC(N)=O)OC. The third-order valence-corrected chi connectivity index (χ3v) is 0.968. The van der Waals surface area contributed by atoms with Gasteiger partial charge >= 0.3 is 0 Å². The third-order valence-electron chi connectivity index (χ3n) is 0.968. The van der Waals surface area contributed by atoms with Crippen LogP contribution in [0.2, 0.25) is 0 Å². The van der Waals surface area contributed by atoms with Crippen LogP contribution in [0.5, 0.6) is 0 Å². The van der Waals surface area contributed by atoms with Crippen LogP contribution < -0.4 is 5.73 Å². The molecule has 0 radical (unpaired) electrons. The Labute approximate surface area is 54.5 Å². The van der Waals surface area contributed by atoms with Crippen molar-refractivity contribution in [2.75, 3.05) is 7.11 Å². The van der Waals surface area contributed by atoms with Gasteiger partial charge in [-0.25, -0.2) is 0 Å². The first-order valence-corrected chi connectivity index (χ1v) is 2.64. The fourth-order valence-corrected chi connectivity index (χ4v) is 0.461. The average Bonchev–Trinajstić information content (AvgIpc) is 1.82. The minimum atomic E-state index is -0.373. The molecule has 1 unspecified atom stereocenters. The van der Waals surface area contributed by atoms with Crippen LogP contribution in [0.3, 0.4) is 0 Å². The highest BCUT2D eigenvalue weighted by Gasteiger charge is 2.04. The van der Waals surface area contributed by atoms with Crippen molar-refractivity contribution in [3.8, 4) is 0 Å². The summed E-state index contributed by atoms with van der Waals surface area (Å²) in [5.41, 5.74) is 4.88. The molecule has 0 aliphatic carbocycles. The van der Waals surface area contributed by atoms with E-state index in [4.69, 9.17) is 10.5 Å². The lowest BCUT2D eigenvalue weighted by Gasteiger charge is -2.05. The molecular weight excluding hydrogens is 118 g/mol. The fourth-order valence-electron chi connectivity index (χ4n) is 0.461. The number of amides is 1. The Bertz CT molecular complexity index is 112. The maximum absolute atomic E-state index is 10.2. The molecule has 0 aliphatic heterocycles. The van der Waals surface area contributed by atoms with Gasteiger partial charge in [0.15, 0.2) is 0 Å². The molecule has 1 amide bonds. The van der Waals surface area contributed by atoms with E-state index in [2.05, 4.69) is 6.58 Å². The molecule has 9 heavy (non-hydrogen) atoms. The average molecular weight is 129 g/mol. The van der Waals surface area contributed by atoms with E-state index in [-0.39, 0.29) is 18.4 Å². The highest BCUT2D eigenvalue weighted by molar-refractivity contribution is 5.74. The summed E-state index contributed by atoms with van der Waals surface area (Å²) in [6, 6.07) is 0. The molecular formula is C6H11NO2. The van der Waals surface area contributed by atoms with E-state index in [0.29, 0.717) is 0 Å². The number of carbonyl (C=O) groups excluding carboxylic acids is 1. The first-order chi connectivity index (χ1) is 4.20. The van der Waals surface area contributed by atoms with Crippen molar-refractivity contribution in [3.05, 3.63) is 12.7 Å². The van der Waals surface area contributed by atoms with Gasteiger partial charge in [-0.15, -0.1) is 6.58 Å². The zero-order chi connectivity index (χ0) is 7.28. The fraction of sp³-hybridized carbons (Fsp3) is 0.500. The third kappa shape index (κ3) is 3.73. The molecule has 0 aromatic carbocycles. The Morgan fingerprint density at radius 1 is 2.00 bits per heavy atom. The van der Waals surface area contributed by atoms with Crippen LogP contribution in [0.1, 0.15) is 6.42 Å². The van der Waals surface area contributed by atoms with Gasteiger partial charge in [0.25, 0.3) is 0 Å². The Balaban J connectivity index is 3.55. The van der Waals surface area contributed by atoms with Crippen molar-refractivity contribution >= 4 is 5.91 Å². The molecule has 0 bridgehead atoms. The number of carbonyl (C=O) groups is 1. The molecule has 0 aromatic heterocycles. The first-order valence-electron chi connectivity index (χ1n) is 2.64. The normalized spacial score (nSPS) is 12.6. The largest absolute Gasteiger partial charge is 0.377 e. The quantitative estimate of drug-likeness (QED) is 0.546. The second kappa shape index (κ2) is 4.09. The molecule has 0 fully saturated rings. The van der Waals surface area contributed by atoms with E-state index in [9.17, 15) is 4.79 Å². The van der Waals surface area contributed by atoms with Gasteiger partial charge in [-0.3, -0.25) is 4.79 Å². The van der Waals surface area contributed by atoms with Gasteiger partial charge in [-0.05, 0) is 0 Å². The van der Waals surface area contributed by atoms with E-state index >= 15 is 0 Å². The second-order valence-electron chi connectivity index (χ2n) is 1.68. The molecule has 0 saturated heterocycles. The predicted octanol–water partition coefficient (Wildman–Crippen LogP) is 0.0628. The molecule has 2 N–H and O–H groups in total. The molecule has 1 atom stereocenters. The molecule has 3 nitrogen and oxygen atoms in total. The Morgan fingerprint density at radius 3 is 2.67 bits per heavy atom. The van der Waals surface area contributed by atoms with E-state index < -0.39 is 0 Å². The highest BCUT2D eigenvalue weighted by atomic mass is 16.5. The van der Waals surface area contributed by atoms with Crippen molar-refractivity contribution in [1.82, 2.24) is 0 Å². The summed E-state index contributed by atoms with van der Waals surface area (Å²) >= 11 is 0. The number of nitrogens with two attached hydrogens (primary N) is 1. The van der Waals surface area contributed by atoms with Crippen molar-refractivity contribution in [2.24, 2.45) is 5.73 Å². The molecule has 0 aromatic rings. The topological polar surface area (TPSA) is 52.3 Å². The monoisotopic (exact) mass is 129 g/mol. The number of primary amides is 1. The molecule has 3 heteroatoms. The standard InChI is InChI=1S/C6H11NO2/c1-3-5(9-2)4-6(7)8/h3,5H,1,4H2,2H3,(H2,7,8). The van der Waals surface area contributed by atoms with E-state index in [1.165, 1.54) is 7.11 Å². The smallest absolute Gasteiger partial charge is 0.220 e. The van der Waals surface area contributed by atoms with Gasteiger partial charge in [0.1, 0.15) is 0 Å². The van der Waals surface area contributed by atoms with Gasteiger partial charge < -0.3 is 10.5 Å². The Hall–Kier alpha value is -0.830. The van der Waals surface area contributed by atoms with E-state index in [1.807, 2.05) is 0 Å².